The SMILES string of the molecule is BrCCC(CCBr)c1c2nc(cc3ccc([nH]3)c(-c3ccc(Br)cc3)c3ccc(cc4nc1C=C4)[nH]3)C=C2. The van der Waals surface area contributed by atoms with Crippen LogP contribution in [-0.2, 0) is 0 Å². The van der Waals surface area contributed by atoms with Gasteiger partial charge < -0.3 is 9.97 Å². The summed E-state index contributed by atoms with van der Waals surface area (Å²) in [7, 11) is 0. The van der Waals surface area contributed by atoms with Gasteiger partial charge in [-0.2, -0.15) is 0 Å². The Hall–Kier alpha value is -2.74. The van der Waals surface area contributed by atoms with E-state index in [-0.39, 0.29) is 0 Å². The molecule has 2 aliphatic heterocycles. The lowest BCUT2D eigenvalue weighted by molar-refractivity contribution is 0.650. The van der Waals surface area contributed by atoms with E-state index in [1.165, 1.54) is 5.56 Å². The van der Waals surface area contributed by atoms with Crippen LogP contribution >= 0.6 is 47.8 Å². The molecule has 0 amide bonds. The Labute approximate surface area is 246 Å². The first-order valence-electron chi connectivity index (χ1n) is 12.6. The fourth-order valence-corrected chi connectivity index (χ4v) is 6.51. The van der Waals surface area contributed by atoms with Gasteiger partial charge in [-0.1, -0.05) is 59.9 Å². The normalized spacial score (nSPS) is 12.5. The molecule has 2 N–H and O–H groups in total. The monoisotopic (exact) mass is 690 g/mol. The van der Waals surface area contributed by atoms with E-state index in [1.807, 2.05) is 0 Å². The Bertz CT molecular complexity index is 1610. The number of hydrogen-bond donors (Lipinski definition) is 2. The molecular formula is C31H25Br3N4. The first-order chi connectivity index (χ1) is 18.6. The van der Waals surface area contributed by atoms with Crippen molar-refractivity contribution >= 4 is 94.2 Å². The van der Waals surface area contributed by atoms with Crippen molar-refractivity contribution in [1.29, 1.82) is 0 Å². The van der Waals surface area contributed by atoms with Crippen LogP contribution < -0.4 is 0 Å². The second kappa shape index (κ2) is 11.2. The van der Waals surface area contributed by atoms with Gasteiger partial charge in [-0.05, 0) is 97.2 Å². The van der Waals surface area contributed by atoms with E-state index in [2.05, 4.69) is 143 Å². The van der Waals surface area contributed by atoms with E-state index in [0.717, 1.165) is 83.9 Å². The maximum atomic E-state index is 5.06. The molecule has 0 radical (unpaired) electrons. The molecule has 5 heterocycles. The number of aromatic amines is 2. The molecule has 6 rings (SSSR count). The number of alkyl halides is 2. The average molecular weight is 693 g/mol. The van der Waals surface area contributed by atoms with Crippen molar-refractivity contribution in [3.8, 4) is 11.1 Å². The molecular weight excluding hydrogens is 668 g/mol. The zero-order valence-corrected chi connectivity index (χ0v) is 25.3. The van der Waals surface area contributed by atoms with Crippen LogP contribution in [0.1, 0.15) is 47.1 Å². The molecule has 0 saturated carbocycles. The maximum absolute atomic E-state index is 5.06. The lowest BCUT2D eigenvalue weighted by atomic mass is 9.91. The van der Waals surface area contributed by atoms with Crippen LogP contribution in [0.3, 0.4) is 0 Å². The van der Waals surface area contributed by atoms with E-state index in [4.69, 9.17) is 9.97 Å². The predicted octanol–water partition coefficient (Wildman–Crippen LogP) is 9.74. The van der Waals surface area contributed by atoms with Crippen molar-refractivity contribution in [3.05, 3.63) is 93.5 Å². The van der Waals surface area contributed by atoms with Gasteiger partial charge >= 0.3 is 0 Å². The molecule has 0 aliphatic carbocycles. The molecule has 190 valence electrons. The van der Waals surface area contributed by atoms with Crippen LogP contribution in [0.15, 0.2) is 65.1 Å². The summed E-state index contributed by atoms with van der Waals surface area (Å²) in [6.45, 7) is 0. The molecule has 7 heteroatoms. The van der Waals surface area contributed by atoms with Gasteiger partial charge in [-0.25, -0.2) is 9.97 Å². The van der Waals surface area contributed by atoms with Gasteiger partial charge in [0, 0.05) is 48.3 Å². The molecule has 38 heavy (non-hydrogen) atoms. The average Bonchev–Trinajstić information content (AvgIpc) is 3.72. The highest BCUT2D eigenvalue weighted by molar-refractivity contribution is 9.10. The highest BCUT2D eigenvalue weighted by Crippen LogP contribution is 2.34. The number of H-pyrrole nitrogens is 2. The summed E-state index contributed by atoms with van der Waals surface area (Å²) >= 11 is 10.9. The third-order valence-corrected chi connectivity index (χ3v) is 8.34. The number of nitrogens with one attached hydrogen (secondary N) is 2. The summed E-state index contributed by atoms with van der Waals surface area (Å²) in [5.41, 5.74) is 11.4. The highest BCUT2D eigenvalue weighted by atomic mass is 79.9. The Morgan fingerprint density at radius 1 is 0.658 bits per heavy atom. The minimum atomic E-state index is 0.343. The van der Waals surface area contributed by atoms with E-state index >= 15 is 0 Å². The summed E-state index contributed by atoms with van der Waals surface area (Å²) in [5, 5.41) is 1.86. The van der Waals surface area contributed by atoms with E-state index in [9.17, 15) is 0 Å². The molecule has 0 unspecified atom stereocenters. The van der Waals surface area contributed by atoms with Gasteiger partial charge in [0.25, 0.3) is 0 Å². The summed E-state index contributed by atoms with van der Waals surface area (Å²) < 4.78 is 1.05. The zero-order chi connectivity index (χ0) is 26.1. The lowest BCUT2D eigenvalue weighted by Crippen LogP contribution is -2.05. The van der Waals surface area contributed by atoms with Crippen LogP contribution in [0.5, 0.6) is 0 Å². The van der Waals surface area contributed by atoms with Gasteiger partial charge in [0.1, 0.15) is 0 Å². The Morgan fingerprint density at radius 3 is 1.68 bits per heavy atom. The number of nitrogens with zero attached hydrogens (tertiary/aromatic N) is 2. The molecule has 4 aromatic rings. The summed E-state index contributed by atoms with van der Waals surface area (Å²) in [6, 6.07) is 21.1. The van der Waals surface area contributed by atoms with Crippen molar-refractivity contribution in [1.82, 2.24) is 19.9 Å². The number of rotatable bonds is 6. The van der Waals surface area contributed by atoms with E-state index in [0.29, 0.717) is 5.92 Å². The smallest absolute Gasteiger partial charge is 0.0694 e. The van der Waals surface area contributed by atoms with E-state index < -0.39 is 0 Å². The zero-order valence-electron chi connectivity index (χ0n) is 20.5. The fraction of sp³-hybridized carbons (Fsp3) is 0.161. The van der Waals surface area contributed by atoms with Gasteiger partial charge in [-0.15, -0.1) is 0 Å². The number of aromatic nitrogens is 4. The predicted molar refractivity (Wildman–Crippen MR) is 172 cm³/mol. The molecule has 4 nitrogen and oxygen atoms in total. The lowest BCUT2D eigenvalue weighted by Gasteiger charge is -2.16. The highest BCUT2D eigenvalue weighted by Gasteiger charge is 2.20. The third kappa shape index (κ3) is 5.24. The van der Waals surface area contributed by atoms with Crippen molar-refractivity contribution in [2.75, 3.05) is 10.7 Å². The molecule has 1 aromatic carbocycles. The van der Waals surface area contributed by atoms with Crippen LogP contribution in [0, 0.1) is 0 Å². The van der Waals surface area contributed by atoms with Gasteiger partial charge in [0.2, 0.25) is 0 Å². The van der Waals surface area contributed by atoms with E-state index in [1.54, 1.807) is 0 Å². The second-order valence-corrected chi connectivity index (χ2v) is 11.9. The third-order valence-electron chi connectivity index (χ3n) is 6.89. The first kappa shape index (κ1) is 25.5. The molecule has 0 atom stereocenters. The Balaban J connectivity index is 1.66. The van der Waals surface area contributed by atoms with Gasteiger partial charge in [0.05, 0.1) is 22.8 Å². The molecule has 0 spiro atoms. The summed E-state index contributed by atoms with van der Waals surface area (Å²) in [6.07, 6.45) is 10.5. The molecule has 3 aromatic heterocycles. The fourth-order valence-electron chi connectivity index (χ4n) is 5.14. The summed E-state index contributed by atoms with van der Waals surface area (Å²) in [4.78, 5) is 17.4. The molecule has 8 bridgehead atoms. The topological polar surface area (TPSA) is 57.4 Å². The number of benzene rings is 1. The van der Waals surface area contributed by atoms with Crippen molar-refractivity contribution in [2.45, 2.75) is 18.8 Å². The Morgan fingerprint density at radius 2 is 1.18 bits per heavy atom. The maximum Gasteiger partial charge on any atom is 0.0694 e. The van der Waals surface area contributed by atoms with Crippen molar-refractivity contribution in [2.24, 2.45) is 0 Å². The molecule has 0 fully saturated rings. The largest absolute Gasteiger partial charge is 0.355 e. The van der Waals surface area contributed by atoms with Crippen molar-refractivity contribution < 1.29 is 0 Å². The van der Waals surface area contributed by atoms with Crippen LogP contribution in [0.4, 0.5) is 0 Å². The minimum Gasteiger partial charge on any atom is -0.355 e. The summed E-state index contributed by atoms with van der Waals surface area (Å²) in [5.74, 6) is 0.343. The van der Waals surface area contributed by atoms with Crippen LogP contribution in [0.25, 0.3) is 57.5 Å². The quantitative estimate of drug-likeness (QED) is 0.171. The van der Waals surface area contributed by atoms with Gasteiger partial charge in [0.15, 0.2) is 0 Å². The number of hydrogen-bond acceptors (Lipinski definition) is 2. The molecule has 0 saturated heterocycles. The van der Waals surface area contributed by atoms with Crippen LogP contribution in [-0.4, -0.2) is 30.6 Å². The standard InChI is InChI=1S/C31H25Br3N4/c32-15-13-20(14-16-33)31-28-11-7-24(37-28)17-22-5-9-26(35-22)30(19-1-3-21(34)4-2-19)27-10-6-23(36-27)18-25-8-12-29(31)38-25/h1-12,17-18,20,35-36H,13-16H2. The second-order valence-electron chi connectivity index (χ2n) is 9.40. The van der Waals surface area contributed by atoms with Crippen molar-refractivity contribution in [3.63, 3.8) is 0 Å². The number of fused-ring (bicyclic) bond motifs is 8. The Kier molecular flexibility index (Phi) is 7.50. The van der Waals surface area contributed by atoms with Gasteiger partial charge in [-0.3, -0.25) is 0 Å². The van der Waals surface area contributed by atoms with Crippen LogP contribution in [0.2, 0.25) is 0 Å². The first-order valence-corrected chi connectivity index (χ1v) is 15.6. The minimum absolute atomic E-state index is 0.343. The number of halogens is 3. The molecule has 2 aliphatic rings.